The number of hydrogen-bond acceptors (Lipinski definition) is 4. The van der Waals surface area contributed by atoms with E-state index in [1.807, 2.05) is 0 Å². The van der Waals surface area contributed by atoms with Gasteiger partial charge in [0.05, 0.1) is 17.5 Å². The van der Waals surface area contributed by atoms with Crippen molar-refractivity contribution in [1.29, 1.82) is 0 Å². The molecule has 0 bridgehead atoms. The molecule has 1 aromatic carbocycles. The summed E-state index contributed by atoms with van der Waals surface area (Å²) in [7, 11) is 0. The predicted molar refractivity (Wildman–Crippen MR) is 111 cm³/mol. The van der Waals surface area contributed by atoms with E-state index in [2.05, 4.69) is 15.4 Å². The van der Waals surface area contributed by atoms with E-state index >= 15 is 0 Å². The maximum Gasteiger partial charge on any atom is 0.416 e. The molecule has 3 aromatic rings. The smallest absolute Gasteiger partial charge is 0.416 e. The number of nitrogens with one attached hydrogen (secondary N) is 1. The van der Waals surface area contributed by atoms with Gasteiger partial charge >= 0.3 is 12.3 Å². The number of alkyl halides is 3. The Morgan fingerprint density at radius 1 is 1.25 bits per heavy atom. The highest BCUT2D eigenvalue weighted by Crippen LogP contribution is 2.51. The molecular formula is C22H22F3N5O2. The number of halogens is 3. The van der Waals surface area contributed by atoms with E-state index in [4.69, 9.17) is 5.11 Å². The molecule has 0 atom stereocenters. The molecule has 3 heterocycles. The molecule has 2 fully saturated rings. The number of imidazole rings is 1. The van der Waals surface area contributed by atoms with Crippen molar-refractivity contribution in [2.75, 3.05) is 25.0 Å². The average Bonchev–Trinajstić information content (AvgIpc) is 3.36. The molecule has 10 heteroatoms. The van der Waals surface area contributed by atoms with Gasteiger partial charge in [0.25, 0.3) is 0 Å². The van der Waals surface area contributed by atoms with Gasteiger partial charge in [0.1, 0.15) is 5.82 Å². The number of nitrogens with zero attached hydrogens (tertiary/aromatic N) is 4. The van der Waals surface area contributed by atoms with Gasteiger partial charge in [-0.05, 0) is 54.9 Å². The van der Waals surface area contributed by atoms with E-state index in [-0.39, 0.29) is 5.41 Å². The number of hydrogen-bond donors (Lipinski definition) is 2. The van der Waals surface area contributed by atoms with Crippen LogP contribution in [-0.2, 0) is 6.18 Å². The standard InChI is InChI=1S/C22H22F3N5O2/c23-22(24,25)16-3-1-2-15(8-16)17-12-27-19-5-4-18(28-30(17)19)26-11-14-9-21(10-14)6-7-29(13-21)20(31)32/h1-5,8,12,14H,6-7,9-11,13H2,(H,26,28)(H,31,32). The molecule has 1 aliphatic heterocycles. The zero-order valence-corrected chi connectivity index (χ0v) is 17.1. The number of carboxylic acid groups (broad SMARTS) is 1. The number of carbonyl (C=O) groups is 1. The second kappa shape index (κ2) is 7.39. The van der Waals surface area contributed by atoms with E-state index < -0.39 is 17.8 Å². The van der Waals surface area contributed by atoms with Crippen molar-refractivity contribution in [3.05, 3.63) is 48.2 Å². The minimum atomic E-state index is -4.42. The van der Waals surface area contributed by atoms with Crippen LogP contribution in [0.15, 0.2) is 42.6 Å². The molecule has 2 N–H and O–H groups in total. The Morgan fingerprint density at radius 3 is 2.78 bits per heavy atom. The van der Waals surface area contributed by atoms with Gasteiger partial charge in [0, 0.05) is 25.2 Å². The fourth-order valence-electron chi connectivity index (χ4n) is 5.01. The minimum Gasteiger partial charge on any atom is -0.465 e. The number of aromatic nitrogens is 3. The van der Waals surface area contributed by atoms with Crippen molar-refractivity contribution in [1.82, 2.24) is 19.5 Å². The van der Waals surface area contributed by atoms with Crippen LogP contribution in [0.3, 0.4) is 0 Å². The quantitative estimate of drug-likeness (QED) is 0.613. The summed E-state index contributed by atoms with van der Waals surface area (Å²) in [5.41, 5.74) is 0.819. The van der Waals surface area contributed by atoms with Crippen LogP contribution in [-0.4, -0.2) is 50.3 Å². The molecule has 0 unspecified atom stereocenters. The largest absolute Gasteiger partial charge is 0.465 e. The third kappa shape index (κ3) is 3.74. The topological polar surface area (TPSA) is 82.8 Å². The Bertz CT molecular complexity index is 1170. The van der Waals surface area contributed by atoms with Crippen LogP contribution in [0.2, 0.25) is 0 Å². The van der Waals surface area contributed by atoms with Crippen LogP contribution in [0.4, 0.5) is 23.8 Å². The summed E-state index contributed by atoms with van der Waals surface area (Å²) < 4.78 is 40.8. The number of rotatable bonds is 4. The first-order valence-corrected chi connectivity index (χ1v) is 10.5. The third-order valence-electron chi connectivity index (χ3n) is 6.57. The summed E-state index contributed by atoms with van der Waals surface area (Å²) in [5.74, 6) is 1.05. The van der Waals surface area contributed by atoms with Crippen molar-refractivity contribution < 1.29 is 23.1 Å². The van der Waals surface area contributed by atoms with Gasteiger partial charge in [0.15, 0.2) is 5.65 Å². The van der Waals surface area contributed by atoms with Crippen molar-refractivity contribution in [3.8, 4) is 11.3 Å². The Hall–Kier alpha value is -3.30. The summed E-state index contributed by atoms with van der Waals surface area (Å²) in [5, 5.41) is 17.0. The second-order valence-electron chi connectivity index (χ2n) is 8.82. The van der Waals surface area contributed by atoms with Gasteiger partial charge in [-0.2, -0.15) is 13.2 Å². The van der Waals surface area contributed by atoms with E-state index in [0.29, 0.717) is 48.3 Å². The van der Waals surface area contributed by atoms with Gasteiger partial charge in [-0.3, -0.25) is 0 Å². The SMILES string of the molecule is O=C(O)N1CCC2(CC(CNc3ccc4ncc(-c5cccc(C(F)(F)F)c5)n4n3)C2)C1. The molecule has 2 aliphatic rings. The molecule has 0 radical (unpaired) electrons. The number of amides is 1. The van der Waals surface area contributed by atoms with Gasteiger partial charge < -0.3 is 15.3 Å². The second-order valence-corrected chi connectivity index (χ2v) is 8.82. The Labute approximate surface area is 181 Å². The van der Waals surface area contributed by atoms with Crippen molar-refractivity contribution in [3.63, 3.8) is 0 Å². The number of likely N-dealkylation sites (tertiary alicyclic amines) is 1. The highest BCUT2D eigenvalue weighted by Gasteiger charge is 2.49. The molecule has 1 spiro atoms. The van der Waals surface area contributed by atoms with Crippen LogP contribution < -0.4 is 5.32 Å². The highest BCUT2D eigenvalue weighted by atomic mass is 19.4. The summed E-state index contributed by atoms with van der Waals surface area (Å²) in [6, 6.07) is 8.70. The lowest BCUT2D eigenvalue weighted by molar-refractivity contribution is -0.137. The first-order valence-electron chi connectivity index (χ1n) is 10.5. The van der Waals surface area contributed by atoms with Crippen molar-refractivity contribution >= 4 is 17.6 Å². The first kappa shape index (κ1) is 20.6. The molecule has 1 saturated heterocycles. The molecule has 1 amide bonds. The third-order valence-corrected chi connectivity index (χ3v) is 6.57. The first-order chi connectivity index (χ1) is 15.2. The summed E-state index contributed by atoms with van der Waals surface area (Å²) in [6.07, 6.45) is -0.879. The monoisotopic (exact) mass is 445 g/mol. The normalized spacial score (nSPS) is 23.0. The van der Waals surface area contributed by atoms with Gasteiger partial charge in [0.2, 0.25) is 0 Å². The summed E-state index contributed by atoms with van der Waals surface area (Å²) in [6.45, 7) is 1.92. The zero-order valence-electron chi connectivity index (χ0n) is 17.1. The summed E-state index contributed by atoms with van der Waals surface area (Å²) in [4.78, 5) is 16.9. The van der Waals surface area contributed by atoms with Gasteiger partial charge in [-0.15, -0.1) is 5.10 Å². The lowest BCUT2D eigenvalue weighted by atomic mass is 9.61. The van der Waals surface area contributed by atoms with E-state index in [1.54, 1.807) is 22.7 Å². The predicted octanol–water partition coefficient (Wildman–Crippen LogP) is 4.61. The van der Waals surface area contributed by atoms with Gasteiger partial charge in [-0.25, -0.2) is 14.3 Å². The molecule has 5 rings (SSSR count). The van der Waals surface area contributed by atoms with Crippen molar-refractivity contribution in [2.24, 2.45) is 11.3 Å². The zero-order chi connectivity index (χ0) is 22.5. The molecule has 168 valence electrons. The minimum absolute atomic E-state index is 0.114. The Balaban J connectivity index is 1.28. The summed E-state index contributed by atoms with van der Waals surface area (Å²) >= 11 is 0. The Morgan fingerprint density at radius 2 is 2.06 bits per heavy atom. The highest BCUT2D eigenvalue weighted by molar-refractivity contribution is 5.66. The molecule has 32 heavy (non-hydrogen) atoms. The van der Waals surface area contributed by atoms with Gasteiger partial charge in [-0.1, -0.05) is 12.1 Å². The number of fused-ring (bicyclic) bond motifs is 1. The fraction of sp³-hybridized carbons (Fsp3) is 0.409. The van der Waals surface area contributed by atoms with Crippen LogP contribution in [0.25, 0.3) is 16.9 Å². The van der Waals surface area contributed by atoms with Crippen LogP contribution in [0.1, 0.15) is 24.8 Å². The average molecular weight is 445 g/mol. The lowest BCUT2D eigenvalue weighted by Gasteiger charge is -2.45. The van der Waals surface area contributed by atoms with Crippen LogP contribution >= 0.6 is 0 Å². The maximum absolute atomic E-state index is 13.1. The lowest BCUT2D eigenvalue weighted by Crippen LogP contribution is -2.43. The van der Waals surface area contributed by atoms with Crippen LogP contribution in [0.5, 0.6) is 0 Å². The molecule has 2 aromatic heterocycles. The maximum atomic E-state index is 13.1. The Kier molecular flexibility index (Phi) is 4.75. The van der Waals surface area contributed by atoms with E-state index in [9.17, 15) is 18.0 Å². The van der Waals surface area contributed by atoms with E-state index in [0.717, 1.165) is 31.4 Å². The molecule has 1 aliphatic carbocycles. The van der Waals surface area contributed by atoms with Crippen molar-refractivity contribution in [2.45, 2.75) is 25.4 Å². The number of anilines is 1. The number of benzene rings is 1. The molecule has 7 nitrogen and oxygen atoms in total. The molecule has 1 saturated carbocycles. The fourth-order valence-corrected chi connectivity index (χ4v) is 5.01. The molecular weight excluding hydrogens is 423 g/mol. The van der Waals surface area contributed by atoms with E-state index in [1.165, 1.54) is 17.2 Å². The van der Waals surface area contributed by atoms with Crippen LogP contribution in [0, 0.1) is 11.3 Å².